The van der Waals surface area contributed by atoms with E-state index in [0.717, 1.165) is 11.8 Å². The average Bonchev–Trinajstić information content (AvgIpc) is 2.70. The fourth-order valence-electron chi connectivity index (χ4n) is 2.75. The molecule has 1 N–H and O–H groups in total. The van der Waals surface area contributed by atoms with Gasteiger partial charge in [-0.1, -0.05) is 23.7 Å². The van der Waals surface area contributed by atoms with E-state index >= 15 is 0 Å². The van der Waals surface area contributed by atoms with E-state index in [2.05, 4.69) is 5.32 Å². The number of nitrogens with one attached hydrogen (secondary N) is 1. The minimum Gasteiger partial charge on any atom is -0.497 e. The van der Waals surface area contributed by atoms with E-state index in [1.807, 2.05) is 19.1 Å². The molecule has 0 aliphatic rings. The van der Waals surface area contributed by atoms with E-state index in [1.54, 1.807) is 37.4 Å². The van der Waals surface area contributed by atoms with Gasteiger partial charge in [0.15, 0.2) is 0 Å². The van der Waals surface area contributed by atoms with Crippen LogP contribution in [0.5, 0.6) is 11.5 Å². The molecule has 0 saturated heterocycles. The summed E-state index contributed by atoms with van der Waals surface area (Å²) in [7, 11) is -1.91. The lowest BCUT2D eigenvalue weighted by Crippen LogP contribution is -2.33. The van der Waals surface area contributed by atoms with Crippen LogP contribution in [-0.2, 0) is 14.8 Å². The lowest BCUT2D eigenvalue weighted by molar-refractivity contribution is -0.121. The number of aryl methyl sites for hydroxylation is 1. The molecule has 0 aliphatic heterocycles. The van der Waals surface area contributed by atoms with Crippen LogP contribution in [0.4, 0.5) is 5.69 Å². The smallest absolute Gasteiger partial charge is 0.232 e. The molecule has 1 amide bonds. The van der Waals surface area contributed by atoms with Crippen LogP contribution in [0.1, 0.15) is 18.4 Å². The van der Waals surface area contributed by atoms with Crippen LogP contribution >= 0.6 is 11.6 Å². The number of methoxy groups -OCH3 is 1. The second kappa shape index (κ2) is 11.1. The van der Waals surface area contributed by atoms with E-state index in [-0.39, 0.29) is 18.9 Å². The molecule has 2 aromatic rings. The minimum atomic E-state index is -3.49. The van der Waals surface area contributed by atoms with Gasteiger partial charge >= 0.3 is 0 Å². The summed E-state index contributed by atoms with van der Waals surface area (Å²) in [6.07, 6.45) is 1.71. The maximum atomic E-state index is 12.2. The molecule has 0 saturated carbocycles. The maximum Gasteiger partial charge on any atom is 0.232 e. The number of carbonyl (C=O) groups is 1. The molecule has 0 fully saturated rings. The quantitative estimate of drug-likeness (QED) is 0.526. The van der Waals surface area contributed by atoms with Crippen LogP contribution in [0.15, 0.2) is 42.5 Å². The van der Waals surface area contributed by atoms with Gasteiger partial charge < -0.3 is 14.8 Å². The van der Waals surface area contributed by atoms with Crippen molar-refractivity contribution < 1.29 is 22.7 Å². The Labute approximate surface area is 183 Å². The van der Waals surface area contributed by atoms with Crippen LogP contribution in [0.3, 0.4) is 0 Å². The van der Waals surface area contributed by atoms with Gasteiger partial charge in [0.25, 0.3) is 0 Å². The second-order valence-electron chi connectivity index (χ2n) is 6.75. The van der Waals surface area contributed by atoms with Crippen molar-refractivity contribution in [3.05, 3.63) is 53.1 Å². The standard InChI is InChI=1S/C21H27ClN2O5S/c1-16-9-10-17(14-20(16)22)24(30(3,26)27)12-5-8-21(25)23-11-13-29-19-7-4-6-18(15-19)28-2/h4,6-7,9-10,14-15H,5,8,11-13H2,1-3H3,(H,23,25). The van der Waals surface area contributed by atoms with Crippen molar-refractivity contribution in [3.63, 3.8) is 0 Å². The van der Waals surface area contributed by atoms with Crippen molar-refractivity contribution >= 4 is 33.2 Å². The molecule has 7 nitrogen and oxygen atoms in total. The second-order valence-corrected chi connectivity index (χ2v) is 9.06. The molecular formula is C21H27ClN2O5S. The number of carbonyl (C=O) groups excluding carboxylic acids is 1. The highest BCUT2D eigenvalue weighted by atomic mass is 35.5. The van der Waals surface area contributed by atoms with E-state index in [9.17, 15) is 13.2 Å². The lowest BCUT2D eigenvalue weighted by atomic mass is 10.2. The van der Waals surface area contributed by atoms with E-state index < -0.39 is 10.0 Å². The Morgan fingerprint density at radius 1 is 1.17 bits per heavy atom. The van der Waals surface area contributed by atoms with Crippen molar-refractivity contribution in [2.24, 2.45) is 0 Å². The van der Waals surface area contributed by atoms with E-state index in [0.29, 0.717) is 41.8 Å². The molecule has 0 aliphatic carbocycles. The first kappa shape index (κ1) is 23.8. The summed E-state index contributed by atoms with van der Waals surface area (Å²) in [6.45, 7) is 2.70. The number of ether oxygens (including phenoxy) is 2. The number of benzene rings is 2. The third-order valence-electron chi connectivity index (χ3n) is 4.34. The highest BCUT2D eigenvalue weighted by Gasteiger charge is 2.18. The van der Waals surface area contributed by atoms with Gasteiger partial charge in [-0.3, -0.25) is 9.10 Å². The molecule has 0 aromatic heterocycles. The van der Waals surface area contributed by atoms with Gasteiger partial charge in [-0.2, -0.15) is 0 Å². The van der Waals surface area contributed by atoms with Crippen molar-refractivity contribution in [3.8, 4) is 11.5 Å². The van der Waals surface area contributed by atoms with Gasteiger partial charge in [0, 0.05) is 24.1 Å². The van der Waals surface area contributed by atoms with Crippen LogP contribution in [0.25, 0.3) is 0 Å². The Morgan fingerprint density at radius 2 is 1.90 bits per heavy atom. The number of hydrogen-bond acceptors (Lipinski definition) is 5. The molecule has 9 heteroatoms. The van der Waals surface area contributed by atoms with Gasteiger partial charge in [-0.15, -0.1) is 0 Å². The zero-order chi connectivity index (χ0) is 22.1. The van der Waals surface area contributed by atoms with E-state index in [1.165, 1.54) is 4.31 Å². The van der Waals surface area contributed by atoms with Crippen molar-refractivity contribution in [1.82, 2.24) is 5.32 Å². The van der Waals surface area contributed by atoms with Gasteiger partial charge in [0.1, 0.15) is 18.1 Å². The summed E-state index contributed by atoms with van der Waals surface area (Å²) in [5.74, 6) is 1.19. The zero-order valence-electron chi connectivity index (χ0n) is 17.4. The molecule has 30 heavy (non-hydrogen) atoms. The first-order valence-electron chi connectivity index (χ1n) is 9.48. The number of rotatable bonds is 11. The van der Waals surface area contributed by atoms with Crippen molar-refractivity contribution in [1.29, 1.82) is 0 Å². The van der Waals surface area contributed by atoms with Gasteiger partial charge in [0.05, 0.1) is 25.6 Å². The summed E-state index contributed by atoms with van der Waals surface area (Å²) >= 11 is 6.12. The van der Waals surface area contributed by atoms with E-state index in [4.69, 9.17) is 21.1 Å². The third kappa shape index (κ3) is 7.42. The summed E-state index contributed by atoms with van der Waals surface area (Å²) in [5.41, 5.74) is 1.35. The zero-order valence-corrected chi connectivity index (χ0v) is 18.9. The molecule has 0 atom stereocenters. The lowest BCUT2D eigenvalue weighted by Gasteiger charge is -2.23. The molecule has 2 aromatic carbocycles. The largest absolute Gasteiger partial charge is 0.497 e. The first-order valence-corrected chi connectivity index (χ1v) is 11.7. The van der Waals surface area contributed by atoms with Crippen LogP contribution in [0.2, 0.25) is 5.02 Å². The molecule has 0 heterocycles. The Bertz CT molecular complexity index is 966. The minimum absolute atomic E-state index is 0.167. The summed E-state index contributed by atoms with van der Waals surface area (Å²) in [5, 5.41) is 3.26. The molecule has 0 bridgehead atoms. The van der Waals surface area contributed by atoms with Gasteiger partial charge in [-0.05, 0) is 43.2 Å². The third-order valence-corrected chi connectivity index (χ3v) is 5.94. The van der Waals surface area contributed by atoms with Crippen LogP contribution < -0.4 is 19.1 Å². The fraction of sp³-hybridized carbons (Fsp3) is 0.381. The number of amides is 1. The normalized spacial score (nSPS) is 11.1. The highest BCUT2D eigenvalue weighted by Crippen LogP contribution is 2.25. The Kier molecular flexibility index (Phi) is 8.80. The predicted octanol–water partition coefficient (Wildman–Crippen LogP) is 3.40. The fourth-order valence-corrected chi connectivity index (χ4v) is 3.88. The number of halogens is 1. The van der Waals surface area contributed by atoms with Crippen molar-refractivity contribution in [2.45, 2.75) is 19.8 Å². The summed E-state index contributed by atoms with van der Waals surface area (Å²) in [6, 6.07) is 12.3. The van der Waals surface area contributed by atoms with Crippen LogP contribution in [-0.4, -0.2) is 47.4 Å². The molecule has 0 spiro atoms. The average molecular weight is 455 g/mol. The Hall–Kier alpha value is -2.45. The van der Waals surface area contributed by atoms with Gasteiger partial charge in [-0.25, -0.2) is 8.42 Å². The molecule has 0 radical (unpaired) electrons. The topological polar surface area (TPSA) is 84.9 Å². The predicted molar refractivity (Wildman–Crippen MR) is 119 cm³/mol. The monoisotopic (exact) mass is 454 g/mol. The summed E-state index contributed by atoms with van der Waals surface area (Å²) < 4.78 is 36.3. The maximum absolute atomic E-state index is 12.2. The SMILES string of the molecule is COc1cccc(OCCNC(=O)CCCN(c2ccc(C)c(Cl)c2)S(C)(=O)=O)c1. The van der Waals surface area contributed by atoms with Crippen LogP contribution in [0, 0.1) is 6.92 Å². The number of hydrogen-bond donors (Lipinski definition) is 1. The molecule has 0 unspecified atom stereocenters. The van der Waals surface area contributed by atoms with Crippen molar-refractivity contribution in [2.75, 3.05) is 37.4 Å². The Balaban J connectivity index is 1.77. The van der Waals surface area contributed by atoms with Gasteiger partial charge in [0.2, 0.25) is 15.9 Å². The molecular weight excluding hydrogens is 428 g/mol. The number of nitrogens with zero attached hydrogens (tertiary/aromatic N) is 1. The summed E-state index contributed by atoms with van der Waals surface area (Å²) in [4.78, 5) is 12.0. The first-order chi connectivity index (χ1) is 14.2. The number of sulfonamides is 1. The Morgan fingerprint density at radius 3 is 2.57 bits per heavy atom. The molecule has 164 valence electrons. The number of anilines is 1. The molecule has 2 rings (SSSR count). The highest BCUT2D eigenvalue weighted by molar-refractivity contribution is 7.92.